The molecule has 3 N–H and O–H groups in total. The third-order valence-corrected chi connectivity index (χ3v) is 6.61. The van der Waals surface area contributed by atoms with Gasteiger partial charge in [0.05, 0.1) is 24.0 Å². The molecule has 0 bridgehead atoms. The van der Waals surface area contributed by atoms with Gasteiger partial charge in [0.15, 0.2) is 17.2 Å². The van der Waals surface area contributed by atoms with Crippen molar-refractivity contribution in [3.63, 3.8) is 0 Å². The Bertz CT molecular complexity index is 1460. The van der Waals surface area contributed by atoms with E-state index in [0.717, 1.165) is 19.4 Å². The van der Waals surface area contributed by atoms with Gasteiger partial charge in [0, 0.05) is 32.1 Å². The molecule has 5 heterocycles. The summed E-state index contributed by atoms with van der Waals surface area (Å²) in [6.45, 7) is 0.751. The summed E-state index contributed by atoms with van der Waals surface area (Å²) in [6.07, 6.45) is 6.86. The fourth-order valence-corrected chi connectivity index (χ4v) is 4.77. The maximum atomic E-state index is 13.1. The molecule has 2 aliphatic rings. The van der Waals surface area contributed by atoms with Crippen molar-refractivity contribution in [1.82, 2.24) is 29.5 Å². The number of rotatable bonds is 6. The highest BCUT2D eigenvalue weighted by Crippen LogP contribution is 2.38. The Hall–Kier alpha value is -4.25. The van der Waals surface area contributed by atoms with Crippen molar-refractivity contribution in [3.05, 3.63) is 71.0 Å². The predicted molar refractivity (Wildman–Crippen MR) is 129 cm³/mol. The fraction of sp³-hybridized carbons (Fsp3) is 0.292. The zero-order valence-corrected chi connectivity index (χ0v) is 19.0. The second-order valence-electron chi connectivity index (χ2n) is 8.68. The number of hydrogen-bond donors (Lipinski definition) is 3. The number of amides is 1. The van der Waals surface area contributed by atoms with E-state index in [1.807, 2.05) is 6.07 Å². The molecule has 178 valence electrons. The largest absolute Gasteiger partial charge is 0.385 e. The molecule has 0 aromatic carbocycles. The maximum Gasteiger partial charge on any atom is 0.279 e. The molecule has 1 saturated heterocycles. The lowest BCUT2D eigenvalue weighted by atomic mass is 9.77. The summed E-state index contributed by atoms with van der Waals surface area (Å²) in [5.74, 6) is 1.17. The number of nitrogens with one attached hydrogen (secondary N) is 3. The zero-order valence-electron chi connectivity index (χ0n) is 19.0. The summed E-state index contributed by atoms with van der Waals surface area (Å²) in [5.41, 5.74) is 1.51. The Morgan fingerprint density at radius 3 is 2.89 bits per heavy atom. The molecule has 11 heteroatoms. The van der Waals surface area contributed by atoms with Crippen LogP contribution in [0, 0.1) is 5.92 Å². The van der Waals surface area contributed by atoms with E-state index in [-0.39, 0.29) is 23.6 Å². The van der Waals surface area contributed by atoms with Crippen molar-refractivity contribution in [2.45, 2.75) is 25.0 Å². The van der Waals surface area contributed by atoms with Crippen LogP contribution in [0.5, 0.6) is 0 Å². The Morgan fingerprint density at radius 1 is 1.17 bits per heavy atom. The summed E-state index contributed by atoms with van der Waals surface area (Å²) in [6, 6.07) is 10.5. The van der Waals surface area contributed by atoms with Gasteiger partial charge in [-0.15, -0.1) is 5.10 Å². The van der Waals surface area contributed by atoms with E-state index >= 15 is 0 Å². The first-order valence-electron chi connectivity index (χ1n) is 11.5. The number of anilines is 3. The van der Waals surface area contributed by atoms with Crippen molar-refractivity contribution in [2.24, 2.45) is 5.92 Å². The van der Waals surface area contributed by atoms with E-state index in [9.17, 15) is 9.59 Å². The summed E-state index contributed by atoms with van der Waals surface area (Å²) < 4.78 is 8.67. The average molecular weight is 473 g/mol. The minimum Gasteiger partial charge on any atom is -0.385 e. The molecule has 1 amide bonds. The summed E-state index contributed by atoms with van der Waals surface area (Å²) in [7, 11) is 1.76. The van der Waals surface area contributed by atoms with Gasteiger partial charge in [0.1, 0.15) is 11.5 Å². The van der Waals surface area contributed by atoms with Crippen LogP contribution in [-0.2, 0) is 4.74 Å². The monoisotopic (exact) mass is 472 g/mol. The van der Waals surface area contributed by atoms with Crippen molar-refractivity contribution in [2.75, 3.05) is 24.3 Å². The molecule has 1 saturated carbocycles. The molecular formula is C24H24N8O3. The SMILES string of the molecule is CNc1cc(Nc2cccn(-c3ccccn3)c2=O)nn2c(C(=O)N[C@@H]3C[C@H]4CCO[C@H]43)cnc12. The normalized spacial score (nSPS) is 20.8. The lowest BCUT2D eigenvalue weighted by Crippen LogP contribution is -2.54. The van der Waals surface area contributed by atoms with Gasteiger partial charge in [0.25, 0.3) is 11.5 Å². The number of fused-ring (bicyclic) bond motifs is 2. The number of nitrogens with zero attached hydrogens (tertiary/aromatic N) is 5. The third-order valence-electron chi connectivity index (χ3n) is 6.61. The topological polar surface area (TPSA) is 127 Å². The van der Waals surface area contributed by atoms with Crippen molar-refractivity contribution in [1.29, 1.82) is 0 Å². The summed E-state index contributed by atoms with van der Waals surface area (Å²) >= 11 is 0. The van der Waals surface area contributed by atoms with E-state index in [0.29, 0.717) is 40.3 Å². The van der Waals surface area contributed by atoms with Crippen LogP contribution in [0.1, 0.15) is 23.3 Å². The van der Waals surface area contributed by atoms with Gasteiger partial charge >= 0.3 is 0 Å². The predicted octanol–water partition coefficient (Wildman–Crippen LogP) is 1.97. The molecule has 4 aromatic rings. The fourth-order valence-electron chi connectivity index (χ4n) is 4.77. The van der Waals surface area contributed by atoms with E-state index in [4.69, 9.17) is 4.74 Å². The first kappa shape index (κ1) is 21.3. The van der Waals surface area contributed by atoms with Gasteiger partial charge in [-0.05, 0) is 43.0 Å². The number of ether oxygens (including phenoxy) is 1. The van der Waals surface area contributed by atoms with E-state index in [1.165, 1.54) is 15.3 Å². The van der Waals surface area contributed by atoms with Crippen molar-refractivity contribution in [3.8, 4) is 5.82 Å². The summed E-state index contributed by atoms with van der Waals surface area (Å²) in [5, 5.41) is 13.8. The maximum absolute atomic E-state index is 13.1. The minimum absolute atomic E-state index is 0.00000951. The standard InChI is InChI=1S/C24H24N8O3/c1-25-17-12-19(28-15-5-4-9-31(24(15)34)20-6-2-3-8-26-20)30-32-18(13-27-22(17)32)23(33)29-16-11-14-7-10-35-21(14)16/h2-6,8-9,12-14,16,21,25H,7,10-11H2,1H3,(H,28,30)(H,29,33)/t14-,16-,21-/m1/s1. The number of aromatic nitrogens is 5. The van der Waals surface area contributed by atoms with E-state index in [2.05, 4.69) is 31.0 Å². The van der Waals surface area contributed by atoms with E-state index < -0.39 is 0 Å². The highest BCUT2D eigenvalue weighted by molar-refractivity contribution is 5.94. The summed E-state index contributed by atoms with van der Waals surface area (Å²) in [4.78, 5) is 34.8. The van der Waals surface area contributed by atoms with Gasteiger partial charge in [-0.3, -0.25) is 14.2 Å². The number of pyridine rings is 2. The van der Waals surface area contributed by atoms with Crippen LogP contribution in [0.4, 0.5) is 17.2 Å². The molecule has 11 nitrogen and oxygen atoms in total. The Morgan fingerprint density at radius 2 is 2.09 bits per heavy atom. The molecule has 1 aliphatic carbocycles. The smallest absolute Gasteiger partial charge is 0.279 e. The molecule has 0 spiro atoms. The van der Waals surface area contributed by atoms with Gasteiger partial charge in [-0.25, -0.2) is 14.5 Å². The van der Waals surface area contributed by atoms with Crippen LogP contribution in [0.3, 0.4) is 0 Å². The molecule has 4 aromatic heterocycles. The van der Waals surface area contributed by atoms with Gasteiger partial charge in [0.2, 0.25) is 0 Å². The second-order valence-corrected chi connectivity index (χ2v) is 8.68. The molecule has 0 radical (unpaired) electrons. The first-order valence-corrected chi connectivity index (χ1v) is 11.5. The van der Waals surface area contributed by atoms with Crippen LogP contribution >= 0.6 is 0 Å². The van der Waals surface area contributed by atoms with Crippen molar-refractivity contribution >= 4 is 28.7 Å². The quantitative estimate of drug-likeness (QED) is 0.389. The van der Waals surface area contributed by atoms with Gasteiger partial charge in [-0.2, -0.15) is 0 Å². The molecule has 0 unspecified atom stereocenters. The number of hydrogen-bond acceptors (Lipinski definition) is 8. The van der Waals surface area contributed by atoms with Gasteiger partial charge < -0.3 is 20.7 Å². The highest BCUT2D eigenvalue weighted by Gasteiger charge is 2.46. The second kappa shape index (κ2) is 8.51. The third kappa shape index (κ3) is 3.69. The molecule has 3 atom stereocenters. The molecule has 1 aliphatic heterocycles. The average Bonchev–Trinajstić information content (AvgIpc) is 3.47. The number of imidazole rings is 1. The lowest BCUT2D eigenvalue weighted by Gasteiger charge is -2.39. The van der Waals surface area contributed by atoms with Crippen LogP contribution in [0.25, 0.3) is 11.5 Å². The van der Waals surface area contributed by atoms with Crippen LogP contribution < -0.4 is 21.5 Å². The Labute approximate surface area is 200 Å². The number of carbonyl (C=O) groups is 1. The van der Waals surface area contributed by atoms with Crippen LogP contribution in [-0.4, -0.2) is 55.9 Å². The van der Waals surface area contributed by atoms with E-state index in [1.54, 1.807) is 49.8 Å². The Kier molecular flexibility index (Phi) is 5.18. The zero-order chi connectivity index (χ0) is 23.9. The molecular weight excluding hydrogens is 448 g/mol. The molecule has 2 fully saturated rings. The first-order chi connectivity index (χ1) is 17.1. The Balaban J connectivity index is 1.31. The lowest BCUT2D eigenvalue weighted by molar-refractivity contribution is -0.000686. The highest BCUT2D eigenvalue weighted by atomic mass is 16.5. The number of carbonyl (C=O) groups excluding carboxylic acids is 1. The van der Waals surface area contributed by atoms with Crippen LogP contribution in [0.15, 0.2) is 59.8 Å². The minimum atomic E-state index is -0.279. The van der Waals surface area contributed by atoms with Crippen LogP contribution in [0.2, 0.25) is 0 Å². The van der Waals surface area contributed by atoms with Gasteiger partial charge in [-0.1, -0.05) is 6.07 Å². The molecule has 6 rings (SSSR count). The van der Waals surface area contributed by atoms with Crippen molar-refractivity contribution < 1.29 is 9.53 Å². The molecule has 35 heavy (non-hydrogen) atoms.